The van der Waals surface area contributed by atoms with Gasteiger partial charge in [0.05, 0.1) is 29.4 Å². The molecule has 204 valence electrons. The summed E-state index contributed by atoms with van der Waals surface area (Å²) >= 11 is 0. The number of rotatable bonds is 6. The van der Waals surface area contributed by atoms with Crippen molar-refractivity contribution in [3.8, 4) is 11.8 Å². The Morgan fingerprint density at radius 1 is 1.33 bits per heavy atom. The van der Waals surface area contributed by atoms with Gasteiger partial charge in [-0.1, -0.05) is 30.2 Å². The number of benzene rings is 1. The molecular weight excluding hydrogens is 510 g/mol. The Kier molecular flexibility index (Phi) is 7.64. The predicted molar refractivity (Wildman–Crippen MR) is 159 cm³/mol. The van der Waals surface area contributed by atoms with Crippen LogP contribution in [0.5, 0.6) is 0 Å². The Bertz CT molecular complexity index is 1550. The van der Waals surface area contributed by atoms with Crippen LogP contribution in [0.2, 0.25) is 0 Å². The minimum atomic E-state index is -2.70. The third-order valence-electron chi connectivity index (χ3n) is 7.28. The SMILES string of the molecule is C=S1(=O)C2=C(C=CCC2)C(CNC(=O)c2c(NC)nc(N3CCCC(N)C3)n2CC#CC)=Nc2ccccc21. The summed E-state index contributed by atoms with van der Waals surface area (Å²) in [5, 5.41) is 6.15. The van der Waals surface area contributed by atoms with Crippen LogP contribution in [0.1, 0.15) is 43.1 Å². The number of nitrogens with one attached hydrogen (secondary N) is 2. The molecule has 0 bridgehead atoms. The topological polar surface area (TPSA) is 118 Å². The Morgan fingerprint density at radius 2 is 2.15 bits per heavy atom. The molecule has 1 saturated heterocycles. The van der Waals surface area contributed by atoms with Gasteiger partial charge in [0.15, 0.2) is 11.5 Å². The quantitative estimate of drug-likeness (QED) is 0.379. The summed E-state index contributed by atoms with van der Waals surface area (Å²) in [7, 11) is -0.947. The molecule has 9 nitrogen and oxygen atoms in total. The number of carbonyl (C=O) groups excluding carboxylic acids is 1. The summed E-state index contributed by atoms with van der Waals surface area (Å²) in [6.07, 6.45) is 7.37. The van der Waals surface area contributed by atoms with E-state index in [4.69, 9.17) is 15.7 Å². The first kappa shape index (κ1) is 26.8. The maximum atomic E-state index is 13.9. The van der Waals surface area contributed by atoms with Crippen molar-refractivity contribution in [2.75, 3.05) is 36.9 Å². The first-order valence-corrected chi connectivity index (χ1v) is 15.0. The zero-order valence-corrected chi connectivity index (χ0v) is 23.3. The van der Waals surface area contributed by atoms with Gasteiger partial charge in [-0.05, 0) is 50.6 Å². The van der Waals surface area contributed by atoms with Crippen molar-refractivity contribution in [3.63, 3.8) is 0 Å². The van der Waals surface area contributed by atoms with E-state index in [-0.39, 0.29) is 18.5 Å². The van der Waals surface area contributed by atoms with E-state index in [1.165, 1.54) is 0 Å². The largest absolute Gasteiger partial charge is 0.371 e. The molecule has 2 aromatic rings. The van der Waals surface area contributed by atoms with Gasteiger partial charge in [0.25, 0.3) is 5.91 Å². The number of imidazole rings is 1. The lowest BCUT2D eigenvalue weighted by Crippen LogP contribution is -2.44. The van der Waals surface area contributed by atoms with Crippen LogP contribution in [0.25, 0.3) is 0 Å². The number of amides is 1. The minimum absolute atomic E-state index is 0.0573. The molecular formula is C29H35N7O2S. The standard InChI is InChI=1S/C29H35N7O2S/c1-4-5-17-36-26(27(31-2)34-29(36)35-16-10-11-20(30)19-35)28(37)32-18-23-21-12-6-8-14-24(21)39(3,38)25-15-9-7-13-22(25)33-23/h6-7,9,12-13,15,20,31H,3,8,10-11,14,16-19,30H2,1-2H3,(H,32,37). The highest BCUT2D eigenvalue weighted by atomic mass is 32.2. The fourth-order valence-corrected chi connectivity index (χ4v) is 7.38. The number of aliphatic imine (C=N–C) groups is 1. The molecule has 4 N–H and O–H groups in total. The van der Waals surface area contributed by atoms with Gasteiger partial charge in [0.2, 0.25) is 5.95 Å². The molecule has 2 aliphatic heterocycles. The zero-order valence-electron chi connectivity index (χ0n) is 22.5. The summed E-state index contributed by atoms with van der Waals surface area (Å²) in [5.41, 5.74) is 8.72. The van der Waals surface area contributed by atoms with Gasteiger partial charge in [0.1, 0.15) is 0 Å². The van der Waals surface area contributed by atoms with Gasteiger partial charge in [-0.15, -0.1) is 5.92 Å². The van der Waals surface area contributed by atoms with Crippen LogP contribution in [-0.4, -0.2) is 64.0 Å². The molecule has 5 rings (SSSR count). The Labute approximate surface area is 230 Å². The van der Waals surface area contributed by atoms with Gasteiger partial charge in [-0.25, -0.2) is 4.99 Å². The van der Waals surface area contributed by atoms with Crippen molar-refractivity contribution in [1.29, 1.82) is 0 Å². The molecule has 0 spiro atoms. The first-order valence-electron chi connectivity index (χ1n) is 13.3. The zero-order chi connectivity index (χ0) is 27.6. The number of para-hydroxylation sites is 1. The highest BCUT2D eigenvalue weighted by Crippen LogP contribution is 2.38. The summed E-state index contributed by atoms with van der Waals surface area (Å²) < 4.78 is 15.8. The van der Waals surface area contributed by atoms with Gasteiger partial charge >= 0.3 is 0 Å². The summed E-state index contributed by atoms with van der Waals surface area (Å²) in [5.74, 6) is 11.0. The van der Waals surface area contributed by atoms with E-state index in [0.717, 1.165) is 36.3 Å². The highest BCUT2D eigenvalue weighted by Gasteiger charge is 2.30. The maximum absolute atomic E-state index is 13.9. The van der Waals surface area contributed by atoms with E-state index in [1.54, 1.807) is 14.0 Å². The summed E-state index contributed by atoms with van der Waals surface area (Å²) in [4.78, 5) is 27.0. The normalized spacial score (nSPS) is 22.2. The van der Waals surface area contributed by atoms with Crippen LogP contribution in [0.3, 0.4) is 0 Å². The number of hydrogen-bond donors (Lipinski definition) is 3. The van der Waals surface area contributed by atoms with Crippen molar-refractivity contribution in [1.82, 2.24) is 14.9 Å². The molecule has 1 aliphatic carbocycles. The number of anilines is 2. The van der Waals surface area contributed by atoms with Gasteiger partial charge in [0, 0.05) is 46.2 Å². The molecule has 2 unspecified atom stereocenters. The lowest BCUT2D eigenvalue weighted by atomic mass is 10.0. The third-order valence-corrected chi connectivity index (χ3v) is 9.55. The van der Waals surface area contributed by atoms with E-state index in [2.05, 4.69) is 39.3 Å². The van der Waals surface area contributed by atoms with Crippen molar-refractivity contribution in [2.45, 2.75) is 50.1 Å². The lowest BCUT2D eigenvalue weighted by molar-refractivity contribution is 0.0951. The average Bonchev–Trinajstić information content (AvgIpc) is 3.28. The average molecular weight is 546 g/mol. The minimum Gasteiger partial charge on any atom is -0.371 e. The van der Waals surface area contributed by atoms with Crippen LogP contribution in [0, 0.1) is 11.8 Å². The summed E-state index contributed by atoms with van der Waals surface area (Å²) in [6.45, 7) is 3.75. The molecule has 3 aliphatic rings. The van der Waals surface area contributed by atoms with Crippen molar-refractivity contribution in [3.05, 3.63) is 52.6 Å². The molecule has 1 aromatic heterocycles. The Hall–Kier alpha value is -3.81. The van der Waals surface area contributed by atoms with Crippen LogP contribution in [0.15, 0.2) is 56.8 Å². The molecule has 2 atom stereocenters. The van der Waals surface area contributed by atoms with E-state index < -0.39 is 9.52 Å². The molecule has 10 heteroatoms. The molecule has 0 saturated carbocycles. The number of piperidine rings is 1. The van der Waals surface area contributed by atoms with Crippen LogP contribution < -0.4 is 21.3 Å². The monoisotopic (exact) mass is 545 g/mol. The Balaban J connectivity index is 1.50. The maximum Gasteiger partial charge on any atom is 0.272 e. The van der Waals surface area contributed by atoms with Crippen molar-refractivity contribution < 1.29 is 9.00 Å². The first-order chi connectivity index (χ1) is 18.8. The van der Waals surface area contributed by atoms with Gasteiger partial charge in [-0.2, -0.15) is 4.98 Å². The highest BCUT2D eigenvalue weighted by molar-refractivity contribution is 8.04. The predicted octanol–water partition coefficient (Wildman–Crippen LogP) is 3.07. The second kappa shape index (κ2) is 11.1. The van der Waals surface area contributed by atoms with Crippen LogP contribution >= 0.6 is 0 Å². The number of nitrogens with two attached hydrogens (primary N) is 1. The fraction of sp³-hybridized carbons (Fsp3) is 0.379. The van der Waals surface area contributed by atoms with E-state index in [1.807, 2.05) is 34.9 Å². The molecule has 1 aromatic carbocycles. The second-order valence-corrected chi connectivity index (χ2v) is 12.2. The van der Waals surface area contributed by atoms with Crippen LogP contribution in [0.4, 0.5) is 17.5 Å². The number of hydrogen-bond acceptors (Lipinski definition) is 7. The second-order valence-electron chi connectivity index (χ2n) is 9.88. The van der Waals surface area contributed by atoms with Crippen LogP contribution in [-0.2, 0) is 16.1 Å². The molecule has 1 amide bonds. The van der Waals surface area contributed by atoms with Gasteiger partial charge < -0.3 is 21.3 Å². The number of allylic oxidation sites excluding steroid dienone is 3. The number of carbonyl (C=O) groups is 1. The number of fused-ring (bicyclic) bond motifs is 1. The molecule has 1 fully saturated rings. The van der Waals surface area contributed by atoms with Crippen molar-refractivity contribution >= 4 is 44.5 Å². The van der Waals surface area contributed by atoms with E-state index in [0.29, 0.717) is 53.3 Å². The Morgan fingerprint density at radius 3 is 2.92 bits per heavy atom. The summed E-state index contributed by atoms with van der Waals surface area (Å²) in [6, 6.07) is 7.46. The lowest BCUT2D eigenvalue weighted by Gasteiger charge is -2.31. The number of nitrogens with zero attached hydrogens (tertiary/aromatic N) is 4. The van der Waals surface area contributed by atoms with E-state index >= 15 is 0 Å². The van der Waals surface area contributed by atoms with Crippen molar-refractivity contribution in [2.24, 2.45) is 10.7 Å². The van der Waals surface area contributed by atoms with Gasteiger partial charge in [-0.3, -0.25) is 13.6 Å². The third kappa shape index (κ3) is 5.12. The van der Waals surface area contributed by atoms with E-state index in [9.17, 15) is 9.00 Å². The number of aromatic nitrogens is 2. The molecule has 39 heavy (non-hydrogen) atoms. The molecule has 3 heterocycles. The molecule has 0 radical (unpaired) electrons. The fourth-order valence-electron chi connectivity index (χ4n) is 5.38. The smallest absolute Gasteiger partial charge is 0.272 e.